The summed E-state index contributed by atoms with van der Waals surface area (Å²) < 4.78 is 10.8. The van der Waals surface area contributed by atoms with Crippen LogP contribution in [0.4, 0.5) is 0 Å². The minimum Gasteiger partial charge on any atom is -0.495 e. The predicted octanol–water partition coefficient (Wildman–Crippen LogP) is 4.30. The van der Waals surface area contributed by atoms with Gasteiger partial charge in [0.05, 0.1) is 14.2 Å². The fourth-order valence-electron chi connectivity index (χ4n) is 2.35. The van der Waals surface area contributed by atoms with Crippen molar-refractivity contribution in [1.82, 2.24) is 5.32 Å². The molecule has 2 unspecified atom stereocenters. The van der Waals surface area contributed by atoms with E-state index in [1.807, 2.05) is 12.1 Å². The van der Waals surface area contributed by atoms with Crippen LogP contribution in [0, 0.1) is 11.8 Å². The number of hydrogen-bond donors (Lipinski definition) is 1. The molecule has 0 aliphatic heterocycles. The topological polar surface area (TPSA) is 30.5 Å². The summed E-state index contributed by atoms with van der Waals surface area (Å²) in [7, 11) is 3.26. The van der Waals surface area contributed by atoms with Crippen molar-refractivity contribution < 1.29 is 9.47 Å². The maximum atomic E-state index is 6.36. The Bertz CT molecular complexity index is 435. The summed E-state index contributed by atoms with van der Waals surface area (Å²) in [6.45, 7) is 9.71. The van der Waals surface area contributed by atoms with E-state index in [4.69, 9.17) is 21.1 Å². The SMILES string of the molecule is CCNC(c1ccc(OC)c(Cl)c1OC)C(C)C(C)C. The number of hydrogen-bond acceptors (Lipinski definition) is 3. The van der Waals surface area contributed by atoms with Gasteiger partial charge in [0.1, 0.15) is 16.5 Å². The van der Waals surface area contributed by atoms with Gasteiger partial charge in [-0.25, -0.2) is 0 Å². The lowest BCUT2D eigenvalue weighted by Gasteiger charge is -2.30. The van der Waals surface area contributed by atoms with E-state index in [0.717, 1.165) is 12.1 Å². The van der Waals surface area contributed by atoms with Crippen LogP contribution >= 0.6 is 11.6 Å². The first kappa shape index (κ1) is 17.1. The summed E-state index contributed by atoms with van der Waals surface area (Å²) >= 11 is 6.36. The standard InChI is InChI=1S/C16H26ClNO2/c1-7-18-15(11(4)10(2)3)12-8-9-13(19-5)14(17)16(12)20-6/h8-11,15,18H,7H2,1-6H3. The number of ether oxygens (including phenoxy) is 2. The van der Waals surface area contributed by atoms with Crippen molar-refractivity contribution in [2.45, 2.75) is 33.7 Å². The molecule has 0 heterocycles. The molecule has 1 aromatic rings. The van der Waals surface area contributed by atoms with Gasteiger partial charge >= 0.3 is 0 Å². The number of methoxy groups -OCH3 is 2. The molecule has 1 aromatic carbocycles. The molecule has 0 fully saturated rings. The molecule has 3 nitrogen and oxygen atoms in total. The highest BCUT2D eigenvalue weighted by Crippen LogP contribution is 2.42. The first-order valence-corrected chi connectivity index (χ1v) is 7.49. The molecule has 1 rings (SSSR count). The van der Waals surface area contributed by atoms with Gasteiger partial charge in [-0.3, -0.25) is 0 Å². The fraction of sp³-hybridized carbons (Fsp3) is 0.625. The van der Waals surface area contributed by atoms with Crippen LogP contribution in [0.15, 0.2) is 12.1 Å². The van der Waals surface area contributed by atoms with Gasteiger partial charge in [-0.2, -0.15) is 0 Å². The van der Waals surface area contributed by atoms with E-state index in [-0.39, 0.29) is 6.04 Å². The van der Waals surface area contributed by atoms with Crippen LogP contribution in [0.3, 0.4) is 0 Å². The monoisotopic (exact) mass is 299 g/mol. The molecule has 114 valence electrons. The lowest BCUT2D eigenvalue weighted by molar-refractivity contribution is 0.297. The first-order valence-electron chi connectivity index (χ1n) is 7.11. The van der Waals surface area contributed by atoms with Gasteiger partial charge in [0.2, 0.25) is 0 Å². The second-order valence-electron chi connectivity index (χ2n) is 5.34. The second kappa shape index (κ2) is 7.75. The van der Waals surface area contributed by atoms with E-state index in [1.165, 1.54) is 0 Å². The number of halogens is 1. The zero-order chi connectivity index (χ0) is 15.3. The lowest BCUT2D eigenvalue weighted by atomic mass is 9.85. The van der Waals surface area contributed by atoms with Gasteiger partial charge in [0.25, 0.3) is 0 Å². The smallest absolute Gasteiger partial charge is 0.146 e. The summed E-state index contributed by atoms with van der Waals surface area (Å²) in [5, 5.41) is 4.07. The van der Waals surface area contributed by atoms with Crippen LogP contribution in [0.5, 0.6) is 11.5 Å². The Morgan fingerprint density at radius 1 is 1.15 bits per heavy atom. The Labute approximate surface area is 127 Å². The van der Waals surface area contributed by atoms with Crippen molar-refractivity contribution >= 4 is 11.6 Å². The minimum absolute atomic E-state index is 0.207. The van der Waals surface area contributed by atoms with Crippen molar-refractivity contribution in [2.75, 3.05) is 20.8 Å². The highest BCUT2D eigenvalue weighted by atomic mass is 35.5. The maximum absolute atomic E-state index is 6.36. The minimum atomic E-state index is 0.207. The molecule has 20 heavy (non-hydrogen) atoms. The molecule has 0 saturated carbocycles. The van der Waals surface area contributed by atoms with Crippen molar-refractivity contribution in [2.24, 2.45) is 11.8 Å². The molecule has 4 heteroatoms. The quantitative estimate of drug-likeness (QED) is 0.814. The molecule has 0 bridgehead atoms. The van der Waals surface area contributed by atoms with Crippen LogP contribution in [-0.4, -0.2) is 20.8 Å². The molecule has 0 aliphatic carbocycles. The van der Waals surface area contributed by atoms with Crippen molar-refractivity contribution in [3.05, 3.63) is 22.7 Å². The van der Waals surface area contributed by atoms with Gasteiger partial charge in [0.15, 0.2) is 0 Å². The van der Waals surface area contributed by atoms with Gasteiger partial charge in [-0.1, -0.05) is 39.3 Å². The molecule has 0 spiro atoms. The van der Waals surface area contributed by atoms with Crippen LogP contribution in [0.1, 0.15) is 39.3 Å². The van der Waals surface area contributed by atoms with Gasteiger partial charge < -0.3 is 14.8 Å². The summed E-state index contributed by atoms with van der Waals surface area (Å²) in [5.41, 5.74) is 1.08. The van der Waals surface area contributed by atoms with Crippen LogP contribution in [0.25, 0.3) is 0 Å². The van der Waals surface area contributed by atoms with E-state index < -0.39 is 0 Å². The summed E-state index contributed by atoms with van der Waals surface area (Å²) in [6.07, 6.45) is 0. The Morgan fingerprint density at radius 2 is 1.80 bits per heavy atom. The summed E-state index contributed by atoms with van der Waals surface area (Å²) in [4.78, 5) is 0. The average Bonchev–Trinajstić information content (AvgIpc) is 2.43. The highest BCUT2D eigenvalue weighted by molar-refractivity contribution is 6.33. The fourth-order valence-corrected chi connectivity index (χ4v) is 2.67. The highest BCUT2D eigenvalue weighted by Gasteiger charge is 2.26. The summed E-state index contributed by atoms with van der Waals surface area (Å²) in [5.74, 6) is 2.36. The molecular formula is C16H26ClNO2. The molecule has 0 aliphatic rings. The zero-order valence-corrected chi connectivity index (χ0v) is 14.0. The third-order valence-corrected chi connectivity index (χ3v) is 4.21. The van der Waals surface area contributed by atoms with E-state index in [1.54, 1.807) is 14.2 Å². The largest absolute Gasteiger partial charge is 0.495 e. The van der Waals surface area contributed by atoms with Gasteiger partial charge in [-0.05, 0) is 30.5 Å². The maximum Gasteiger partial charge on any atom is 0.146 e. The first-order chi connectivity index (χ1) is 9.47. The molecule has 2 atom stereocenters. The molecule has 1 N–H and O–H groups in total. The molecule has 0 radical (unpaired) electrons. The normalized spacial score (nSPS) is 14.2. The molecule has 0 amide bonds. The second-order valence-corrected chi connectivity index (χ2v) is 5.72. The van der Waals surface area contributed by atoms with Gasteiger partial charge in [-0.15, -0.1) is 0 Å². The zero-order valence-electron chi connectivity index (χ0n) is 13.3. The van der Waals surface area contributed by atoms with E-state index in [9.17, 15) is 0 Å². The number of benzene rings is 1. The van der Waals surface area contributed by atoms with E-state index in [2.05, 4.69) is 33.0 Å². The number of nitrogens with one attached hydrogen (secondary N) is 1. The van der Waals surface area contributed by atoms with Crippen LogP contribution < -0.4 is 14.8 Å². The summed E-state index contributed by atoms with van der Waals surface area (Å²) in [6, 6.07) is 4.14. The third kappa shape index (κ3) is 3.58. The van der Waals surface area contributed by atoms with Crippen LogP contribution in [-0.2, 0) is 0 Å². The van der Waals surface area contributed by atoms with Gasteiger partial charge in [0, 0.05) is 11.6 Å². The molecular weight excluding hydrogens is 274 g/mol. The number of rotatable bonds is 7. The van der Waals surface area contributed by atoms with E-state index >= 15 is 0 Å². The Hall–Kier alpha value is -0.930. The third-order valence-electron chi connectivity index (χ3n) is 3.85. The van der Waals surface area contributed by atoms with Crippen molar-refractivity contribution in [1.29, 1.82) is 0 Å². The average molecular weight is 300 g/mol. The Morgan fingerprint density at radius 3 is 2.25 bits per heavy atom. The van der Waals surface area contributed by atoms with Crippen LogP contribution in [0.2, 0.25) is 5.02 Å². The van der Waals surface area contributed by atoms with Crippen molar-refractivity contribution in [3.8, 4) is 11.5 Å². The Balaban J connectivity index is 3.29. The van der Waals surface area contributed by atoms with E-state index in [0.29, 0.717) is 28.4 Å². The molecule has 0 saturated heterocycles. The molecule has 0 aromatic heterocycles. The van der Waals surface area contributed by atoms with Crippen molar-refractivity contribution in [3.63, 3.8) is 0 Å². The lowest BCUT2D eigenvalue weighted by Crippen LogP contribution is -2.29. The Kier molecular flexibility index (Phi) is 6.63. The predicted molar refractivity (Wildman–Crippen MR) is 85.0 cm³/mol.